The summed E-state index contributed by atoms with van der Waals surface area (Å²) in [5, 5.41) is 3.25. The molecule has 1 unspecified atom stereocenters. The summed E-state index contributed by atoms with van der Waals surface area (Å²) in [5.41, 5.74) is 9.02. The molecule has 3 aromatic rings. The summed E-state index contributed by atoms with van der Waals surface area (Å²) < 4.78 is 6.70. The Labute approximate surface area is 125 Å². The first kappa shape index (κ1) is 13.0. The van der Waals surface area contributed by atoms with Gasteiger partial charge in [0.2, 0.25) is 0 Å². The number of aromatic nitrogens is 1. The molecule has 4 nitrogen and oxygen atoms in total. The van der Waals surface area contributed by atoms with E-state index in [1.54, 1.807) is 0 Å². The number of fused-ring (bicyclic) bond motifs is 1. The highest BCUT2D eigenvalue weighted by Crippen LogP contribution is 2.27. The van der Waals surface area contributed by atoms with Gasteiger partial charge in [-0.05, 0) is 36.8 Å². The lowest BCUT2D eigenvalue weighted by atomic mass is 10.1. The van der Waals surface area contributed by atoms with Gasteiger partial charge < -0.3 is 15.5 Å². The van der Waals surface area contributed by atoms with Crippen LogP contribution in [-0.4, -0.2) is 4.98 Å². The number of rotatable bonds is 3. The van der Waals surface area contributed by atoms with Gasteiger partial charge in [0.25, 0.3) is 6.01 Å². The lowest BCUT2D eigenvalue weighted by Gasteiger charge is -2.12. The van der Waals surface area contributed by atoms with Crippen LogP contribution in [-0.2, 0) is 0 Å². The molecule has 2 aromatic carbocycles. The zero-order chi connectivity index (χ0) is 14.1. The Balaban J connectivity index is 1.87. The van der Waals surface area contributed by atoms with Crippen LogP contribution >= 0.6 is 15.9 Å². The first-order valence-electron chi connectivity index (χ1n) is 6.30. The summed E-state index contributed by atoms with van der Waals surface area (Å²) >= 11 is 3.47. The Morgan fingerprint density at radius 3 is 2.80 bits per heavy atom. The first-order chi connectivity index (χ1) is 9.63. The van der Waals surface area contributed by atoms with Crippen molar-refractivity contribution in [1.82, 2.24) is 4.98 Å². The van der Waals surface area contributed by atoms with Gasteiger partial charge in [-0.3, -0.25) is 0 Å². The normalized spacial score (nSPS) is 12.5. The number of hydrogen-bond donors (Lipinski definition) is 2. The van der Waals surface area contributed by atoms with E-state index >= 15 is 0 Å². The summed E-state index contributed by atoms with van der Waals surface area (Å²) in [6.45, 7) is 2.06. The zero-order valence-corrected chi connectivity index (χ0v) is 12.5. The molecule has 0 aliphatic carbocycles. The number of nitrogen functional groups attached to an aromatic ring is 1. The molecule has 0 spiro atoms. The summed E-state index contributed by atoms with van der Waals surface area (Å²) in [6, 6.07) is 14.2. The minimum atomic E-state index is 0.0850. The second-order valence-electron chi connectivity index (χ2n) is 4.63. The first-order valence-corrected chi connectivity index (χ1v) is 7.10. The van der Waals surface area contributed by atoms with E-state index in [9.17, 15) is 0 Å². The maximum absolute atomic E-state index is 5.87. The van der Waals surface area contributed by atoms with Crippen molar-refractivity contribution in [2.45, 2.75) is 13.0 Å². The van der Waals surface area contributed by atoms with E-state index in [0.717, 1.165) is 10.0 Å². The Morgan fingerprint density at radius 1 is 1.25 bits per heavy atom. The lowest BCUT2D eigenvalue weighted by molar-refractivity contribution is 0.604. The molecular weight excluding hydrogens is 318 g/mol. The van der Waals surface area contributed by atoms with Crippen LogP contribution < -0.4 is 11.1 Å². The van der Waals surface area contributed by atoms with Gasteiger partial charge in [0.05, 0.1) is 11.7 Å². The molecule has 3 N–H and O–H groups in total. The summed E-state index contributed by atoms with van der Waals surface area (Å²) in [5.74, 6) is 0. The molecule has 5 heteroatoms. The molecule has 0 radical (unpaired) electrons. The van der Waals surface area contributed by atoms with Crippen molar-refractivity contribution in [1.29, 1.82) is 0 Å². The van der Waals surface area contributed by atoms with Gasteiger partial charge in [-0.25, -0.2) is 0 Å². The van der Waals surface area contributed by atoms with Crippen LogP contribution in [0.3, 0.4) is 0 Å². The van der Waals surface area contributed by atoms with Crippen molar-refractivity contribution in [2.75, 3.05) is 11.1 Å². The number of benzene rings is 2. The molecule has 1 aromatic heterocycles. The Morgan fingerprint density at radius 2 is 2.05 bits per heavy atom. The molecular formula is C15H14BrN3O. The molecule has 102 valence electrons. The molecule has 20 heavy (non-hydrogen) atoms. The highest BCUT2D eigenvalue weighted by atomic mass is 79.9. The molecule has 3 rings (SSSR count). The van der Waals surface area contributed by atoms with Crippen molar-refractivity contribution in [3.05, 3.63) is 52.5 Å². The van der Waals surface area contributed by atoms with Crippen molar-refractivity contribution < 1.29 is 4.42 Å². The van der Waals surface area contributed by atoms with Crippen molar-refractivity contribution in [2.24, 2.45) is 0 Å². The van der Waals surface area contributed by atoms with E-state index in [4.69, 9.17) is 10.2 Å². The van der Waals surface area contributed by atoms with Gasteiger partial charge in [-0.2, -0.15) is 4.98 Å². The molecule has 1 atom stereocenters. The monoisotopic (exact) mass is 331 g/mol. The third kappa shape index (κ3) is 2.49. The molecule has 0 amide bonds. The van der Waals surface area contributed by atoms with E-state index in [1.807, 2.05) is 30.3 Å². The lowest BCUT2D eigenvalue weighted by Crippen LogP contribution is -2.06. The second-order valence-corrected chi connectivity index (χ2v) is 5.55. The van der Waals surface area contributed by atoms with Gasteiger partial charge >= 0.3 is 0 Å². The number of nitrogens with two attached hydrogens (primary N) is 1. The van der Waals surface area contributed by atoms with Crippen molar-refractivity contribution in [3.63, 3.8) is 0 Å². The standard InChI is InChI=1S/C15H14BrN3O/c1-9(10-4-2-5-11(16)8-10)18-15-19-14-12(17)6-3-7-13(14)20-15/h2-9H,17H2,1H3,(H,18,19). The fraction of sp³-hybridized carbons (Fsp3) is 0.133. The third-order valence-electron chi connectivity index (χ3n) is 3.14. The SMILES string of the molecule is CC(Nc1nc2c(N)cccc2o1)c1cccc(Br)c1. The molecule has 1 heterocycles. The largest absolute Gasteiger partial charge is 0.423 e. The van der Waals surface area contributed by atoms with E-state index in [2.05, 4.69) is 45.3 Å². The Kier molecular flexibility index (Phi) is 3.36. The fourth-order valence-electron chi connectivity index (χ4n) is 2.08. The van der Waals surface area contributed by atoms with Crippen LogP contribution in [0.15, 0.2) is 51.4 Å². The predicted molar refractivity (Wildman–Crippen MR) is 84.6 cm³/mol. The highest BCUT2D eigenvalue weighted by molar-refractivity contribution is 9.10. The second kappa shape index (κ2) is 5.17. The number of oxazole rings is 1. The maximum atomic E-state index is 5.87. The van der Waals surface area contributed by atoms with Crippen LogP contribution in [0.25, 0.3) is 11.1 Å². The summed E-state index contributed by atoms with van der Waals surface area (Å²) in [7, 11) is 0. The van der Waals surface area contributed by atoms with Gasteiger partial charge in [-0.15, -0.1) is 0 Å². The molecule has 0 saturated heterocycles. The van der Waals surface area contributed by atoms with Crippen LogP contribution in [0.4, 0.5) is 11.7 Å². The van der Waals surface area contributed by atoms with Crippen LogP contribution in [0, 0.1) is 0 Å². The van der Waals surface area contributed by atoms with E-state index in [1.165, 1.54) is 0 Å². The quantitative estimate of drug-likeness (QED) is 0.700. The third-order valence-corrected chi connectivity index (χ3v) is 3.63. The summed E-state index contributed by atoms with van der Waals surface area (Å²) in [6.07, 6.45) is 0. The smallest absolute Gasteiger partial charge is 0.296 e. The minimum absolute atomic E-state index is 0.0850. The number of nitrogens with one attached hydrogen (secondary N) is 1. The van der Waals surface area contributed by atoms with Gasteiger partial charge in [-0.1, -0.05) is 34.1 Å². The van der Waals surface area contributed by atoms with Crippen molar-refractivity contribution >= 4 is 38.7 Å². The molecule has 0 fully saturated rings. The summed E-state index contributed by atoms with van der Waals surface area (Å²) in [4.78, 5) is 4.39. The number of halogens is 1. The van der Waals surface area contributed by atoms with E-state index in [-0.39, 0.29) is 6.04 Å². The van der Waals surface area contributed by atoms with Crippen LogP contribution in [0.5, 0.6) is 0 Å². The minimum Gasteiger partial charge on any atom is -0.423 e. The highest BCUT2D eigenvalue weighted by Gasteiger charge is 2.12. The van der Waals surface area contributed by atoms with Crippen LogP contribution in [0.2, 0.25) is 0 Å². The van der Waals surface area contributed by atoms with E-state index < -0.39 is 0 Å². The zero-order valence-electron chi connectivity index (χ0n) is 10.9. The number of hydrogen-bond acceptors (Lipinski definition) is 4. The van der Waals surface area contributed by atoms with E-state index in [0.29, 0.717) is 22.8 Å². The molecule has 0 aliphatic rings. The van der Waals surface area contributed by atoms with Crippen molar-refractivity contribution in [3.8, 4) is 0 Å². The Bertz CT molecular complexity index is 754. The van der Waals surface area contributed by atoms with Gasteiger partial charge in [0.15, 0.2) is 5.58 Å². The van der Waals surface area contributed by atoms with Gasteiger partial charge in [0, 0.05) is 4.47 Å². The Hall–Kier alpha value is -2.01. The van der Waals surface area contributed by atoms with Crippen LogP contribution in [0.1, 0.15) is 18.5 Å². The maximum Gasteiger partial charge on any atom is 0.296 e. The predicted octanol–water partition coefficient (Wildman–Crippen LogP) is 4.35. The average molecular weight is 332 g/mol. The number of anilines is 2. The molecule has 0 aliphatic heterocycles. The van der Waals surface area contributed by atoms with Gasteiger partial charge in [0.1, 0.15) is 5.52 Å². The number of para-hydroxylation sites is 1. The fourth-order valence-corrected chi connectivity index (χ4v) is 2.49. The number of nitrogens with zero attached hydrogens (tertiary/aromatic N) is 1. The molecule has 0 saturated carbocycles. The topological polar surface area (TPSA) is 64.1 Å². The molecule has 0 bridgehead atoms. The average Bonchev–Trinajstić information content (AvgIpc) is 2.83.